The second-order valence-electron chi connectivity index (χ2n) is 8.75. The Kier molecular flexibility index (Phi) is 4.24. The molecule has 2 saturated carbocycles. The smallest absolute Gasteiger partial charge is 0.0398 e. The van der Waals surface area contributed by atoms with Crippen LogP contribution in [0.3, 0.4) is 0 Å². The average molecular weight is 347 g/mol. The lowest BCUT2D eigenvalue weighted by Crippen LogP contribution is -2.37. The Bertz CT molecular complexity index is 750. The van der Waals surface area contributed by atoms with Crippen LogP contribution in [0.25, 0.3) is 0 Å². The minimum atomic E-state index is 0.515. The summed E-state index contributed by atoms with van der Waals surface area (Å²) < 4.78 is 0. The zero-order valence-corrected chi connectivity index (χ0v) is 15.7. The number of para-hydroxylation sites is 1. The van der Waals surface area contributed by atoms with Crippen LogP contribution < -0.4 is 10.2 Å². The van der Waals surface area contributed by atoms with Gasteiger partial charge < -0.3 is 10.2 Å². The summed E-state index contributed by atoms with van der Waals surface area (Å²) >= 11 is 0. The van der Waals surface area contributed by atoms with Gasteiger partial charge in [0.1, 0.15) is 0 Å². The molecule has 2 aliphatic carbocycles. The third kappa shape index (κ3) is 3.40. The molecule has 0 aromatic heterocycles. The van der Waals surface area contributed by atoms with E-state index in [1.807, 2.05) is 0 Å². The Balaban J connectivity index is 1.20. The molecule has 1 N–H and O–H groups in total. The summed E-state index contributed by atoms with van der Waals surface area (Å²) in [7, 11) is 0. The summed E-state index contributed by atoms with van der Waals surface area (Å²) in [5.41, 5.74) is 5.09. The normalized spacial score (nSPS) is 26.1. The van der Waals surface area contributed by atoms with E-state index in [2.05, 4.69) is 64.8 Å². The number of anilines is 1. The van der Waals surface area contributed by atoms with Gasteiger partial charge in [0, 0.05) is 42.7 Å². The van der Waals surface area contributed by atoms with Crippen molar-refractivity contribution in [3.63, 3.8) is 0 Å². The second kappa shape index (κ2) is 6.74. The molecule has 2 aromatic rings. The van der Waals surface area contributed by atoms with Gasteiger partial charge >= 0.3 is 0 Å². The van der Waals surface area contributed by atoms with E-state index < -0.39 is 0 Å². The fraction of sp³-hybridized carbons (Fsp3) is 0.500. The molecule has 0 amide bonds. The molecule has 0 saturated heterocycles. The summed E-state index contributed by atoms with van der Waals surface area (Å²) in [6.07, 6.45) is 8.00. The summed E-state index contributed by atoms with van der Waals surface area (Å²) in [6.45, 7) is 3.66. The number of nitrogens with one attached hydrogen (secondary N) is 1. The topological polar surface area (TPSA) is 15.3 Å². The zero-order chi connectivity index (χ0) is 17.4. The van der Waals surface area contributed by atoms with Crippen LogP contribution in [0, 0.1) is 5.41 Å². The second-order valence-corrected chi connectivity index (χ2v) is 8.75. The van der Waals surface area contributed by atoms with E-state index in [0.717, 1.165) is 5.92 Å². The summed E-state index contributed by atoms with van der Waals surface area (Å²) in [5, 5.41) is 3.91. The molecule has 0 bridgehead atoms. The van der Waals surface area contributed by atoms with Crippen molar-refractivity contribution < 1.29 is 0 Å². The molecule has 2 aromatic carbocycles. The first kappa shape index (κ1) is 16.4. The fourth-order valence-electron chi connectivity index (χ4n) is 4.74. The molecule has 1 aliphatic heterocycles. The third-order valence-corrected chi connectivity index (χ3v) is 6.70. The van der Waals surface area contributed by atoms with Crippen LogP contribution in [0.4, 0.5) is 5.69 Å². The van der Waals surface area contributed by atoms with Crippen molar-refractivity contribution in [2.24, 2.45) is 5.41 Å². The van der Waals surface area contributed by atoms with Gasteiger partial charge in [0.15, 0.2) is 0 Å². The van der Waals surface area contributed by atoms with Crippen LogP contribution in [0.2, 0.25) is 0 Å². The minimum absolute atomic E-state index is 0.515. The molecule has 5 rings (SSSR count). The van der Waals surface area contributed by atoms with Crippen LogP contribution in [0.15, 0.2) is 54.6 Å². The van der Waals surface area contributed by atoms with Crippen molar-refractivity contribution in [3.05, 3.63) is 65.7 Å². The molecule has 1 heterocycles. The average Bonchev–Trinajstić information content (AvgIpc) is 3.59. The van der Waals surface area contributed by atoms with Crippen molar-refractivity contribution in [3.8, 4) is 0 Å². The monoisotopic (exact) mass is 346 g/mol. The number of benzene rings is 2. The van der Waals surface area contributed by atoms with Crippen LogP contribution in [-0.4, -0.2) is 25.7 Å². The van der Waals surface area contributed by atoms with Gasteiger partial charge in [-0.3, -0.25) is 0 Å². The fourth-order valence-corrected chi connectivity index (χ4v) is 4.74. The SMILES string of the molecule is c1ccc(C2CC2NCC2(CN3CCCCc4ccccc43)CC2)cc1. The molecule has 3 aliphatic rings. The predicted octanol–water partition coefficient (Wildman–Crippen LogP) is 4.76. The number of fused-ring (bicyclic) bond motifs is 1. The maximum Gasteiger partial charge on any atom is 0.0398 e. The minimum Gasteiger partial charge on any atom is -0.371 e. The van der Waals surface area contributed by atoms with Gasteiger partial charge in [-0.2, -0.15) is 0 Å². The number of aryl methyl sites for hydroxylation is 1. The van der Waals surface area contributed by atoms with Crippen molar-refractivity contribution in [1.29, 1.82) is 0 Å². The predicted molar refractivity (Wildman–Crippen MR) is 109 cm³/mol. The number of hydrogen-bond donors (Lipinski definition) is 1. The summed E-state index contributed by atoms with van der Waals surface area (Å²) in [6, 6.07) is 20.8. The van der Waals surface area contributed by atoms with Gasteiger partial charge in [0.25, 0.3) is 0 Å². The lowest BCUT2D eigenvalue weighted by atomic mass is 10.0. The molecule has 2 nitrogen and oxygen atoms in total. The summed E-state index contributed by atoms with van der Waals surface area (Å²) in [5.74, 6) is 0.742. The molecule has 26 heavy (non-hydrogen) atoms. The Morgan fingerprint density at radius 1 is 0.962 bits per heavy atom. The van der Waals surface area contributed by atoms with Gasteiger partial charge in [0.2, 0.25) is 0 Å². The maximum absolute atomic E-state index is 3.91. The van der Waals surface area contributed by atoms with E-state index in [9.17, 15) is 0 Å². The largest absolute Gasteiger partial charge is 0.371 e. The van der Waals surface area contributed by atoms with Gasteiger partial charge in [0.05, 0.1) is 0 Å². The molecule has 2 atom stereocenters. The zero-order valence-electron chi connectivity index (χ0n) is 15.7. The first-order valence-electron chi connectivity index (χ1n) is 10.4. The molecule has 2 fully saturated rings. The highest BCUT2D eigenvalue weighted by Crippen LogP contribution is 2.48. The van der Waals surface area contributed by atoms with E-state index in [1.165, 1.54) is 69.4 Å². The van der Waals surface area contributed by atoms with E-state index in [1.54, 1.807) is 5.56 Å². The lowest BCUT2D eigenvalue weighted by molar-refractivity contribution is 0.446. The van der Waals surface area contributed by atoms with Crippen LogP contribution in [0.5, 0.6) is 0 Å². The van der Waals surface area contributed by atoms with Gasteiger partial charge in [-0.05, 0) is 55.7 Å². The van der Waals surface area contributed by atoms with Crippen molar-refractivity contribution >= 4 is 5.69 Å². The standard InChI is InChI=1S/C24H30N2/c1-2-8-19(9-3-1)21-16-22(21)25-17-24(13-14-24)18-26-15-7-6-11-20-10-4-5-12-23(20)26/h1-5,8-10,12,21-22,25H,6-7,11,13-18H2. The molecule has 2 unspecified atom stereocenters. The molecular formula is C24H30N2. The number of nitrogens with zero attached hydrogens (tertiary/aromatic N) is 1. The van der Waals surface area contributed by atoms with E-state index >= 15 is 0 Å². The molecule has 0 radical (unpaired) electrons. The number of hydrogen-bond acceptors (Lipinski definition) is 2. The lowest BCUT2D eigenvalue weighted by Gasteiger charge is -2.30. The van der Waals surface area contributed by atoms with E-state index in [4.69, 9.17) is 0 Å². The highest BCUT2D eigenvalue weighted by molar-refractivity contribution is 5.54. The molecule has 136 valence electrons. The maximum atomic E-state index is 3.91. The van der Waals surface area contributed by atoms with Gasteiger partial charge in [-0.1, -0.05) is 48.5 Å². The van der Waals surface area contributed by atoms with Gasteiger partial charge in [-0.25, -0.2) is 0 Å². The first-order valence-corrected chi connectivity index (χ1v) is 10.4. The third-order valence-electron chi connectivity index (χ3n) is 6.70. The van der Waals surface area contributed by atoms with Crippen LogP contribution in [-0.2, 0) is 6.42 Å². The van der Waals surface area contributed by atoms with Crippen LogP contribution in [0.1, 0.15) is 49.1 Å². The molecule has 2 heteroatoms. The van der Waals surface area contributed by atoms with Crippen molar-refractivity contribution in [2.75, 3.05) is 24.5 Å². The highest BCUT2D eigenvalue weighted by Gasteiger charge is 2.46. The highest BCUT2D eigenvalue weighted by atomic mass is 15.2. The first-order chi connectivity index (χ1) is 12.8. The molecule has 0 spiro atoms. The van der Waals surface area contributed by atoms with Gasteiger partial charge in [-0.15, -0.1) is 0 Å². The van der Waals surface area contributed by atoms with E-state index in [-0.39, 0.29) is 0 Å². The van der Waals surface area contributed by atoms with Crippen LogP contribution >= 0.6 is 0 Å². The quantitative estimate of drug-likeness (QED) is 0.811. The van der Waals surface area contributed by atoms with Crippen molar-refractivity contribution in [2.45, 2.75) is 50.5 Å². The Morgan fingerprint density at radius 2 is 1.77 bits per heavy atom. The Morgan fingerprint density at radius 3 is 2.62 bits per heavy atom. The number of rotatable bonds is 6. The Labute approximate surface area is 157 Å². The summed E-state index contributed by atoms with van der Waals surface area (Å²) in [4.78, 5) is 2.69. The molecular weight excluding hydrogens is 316 g/mol. The Hall–Kier alpha value is -1.80. The van der Waals surface area contributed by atoms with Crippen molar-refractivity contribution in [1.82, 2.24) is 5.32 Å². The van der Waals surface area contributed by atoms with E-state index in [0.29, 0.717) is 11.5 Å².